The number of hydrogen-bond acceptors (Lipinski definition) is 18. The Labute approximate surface area is 468 Å². The Balaban J connectivity index is 0.00000681. The van der Waals surface area contributed by atoms with E-state index in [9.17, 15) is 38.4 Å². The Morgan fingerprint density at radius 3 is 1.14 bits per heavy atom. The van der Waals surface area contributed by atoms with E-state index in [2.05, 4.69) is 13.2 Å². The molecule has 0 saturated heterocycles. The molecule has 4 aromatic rings. The number of esters is 8. The SMILES string of the molecule is C=CC(=O)OCCCCOc1ccc(C(=O)Oc2ccc(OC(=O)C3CCC(C(=O)Oc4ccc(OC(=O)c5ccc(OCCCCOC(=O)C=C)cc5)c(C(=O)OCC(C)CC)c4)CC3)cc2C(=O)OCC(C)CC)cc1.CC. The van der Waals surface area contributed by atoms with Crippen LogP contribution in [0.25, 0.3) is 0 Å². The van der Waals surface area contributed by atoms with Crippen molar-refractivity contribution in [2.24, 2.45) is 23.7 Å². The molecular weight excluding hydrogens is 1030 g/mol. The minimum absolute atomic E-state index is 0.0163. The molecule has 1 aliphatic carbocycles. The van der Waals surface area contributed by atoms with Gasteiger partial charge >= 0.3 is 47.8 Å². The van der Waals surface area contributed by atoms with Crippen molar-refractivity contribution in [1.29, 1.82) is 0 Å². The zero-order chi connectivity index (χ0) is 58.4. The third-order valence-corrected chi connectivity index (χ3v) is 12.6. The summed E-state index contributed by atoms with van der Waals surface area (Å²) < 4.78 is 55.3. The molecule has 0 radical (unpaired) electrons. The molecule has 0 aliphatic heterocycles. The van der Waals surface area contributed by atoms with Crippen molar-refractivity contribution in [2.75, 3.05) is 39.6 Å². The van der Waals surface area contributed by atoms with Gasteiger partial charge in [-0.2, -0.15) is 0 Å². The van der Waals surface area contributed by atoms with E-state index in [0.29, 0.717) is 50.4 Å². The van der Waals surface area contributed by atoms with Crippen LogP contribution in [-0.4, -0.2) is 87.4 Å². The van der Waals surface area contributed by atoms with Crippen molar-refractivity contribution in [1.82, 2.24) is 0 Å². The molecule has 18 nitrogen and oxygen atoms in total. The summed E-state index contributed by atoms with van der Waals surface area (Å²) in [7, 11) is 0. The maximum Gasteiger partial charge on any atom is 0.343 e. The highest BCUT2D eigenvalue weighted by molar-refractivity contribution is 5.98. The van der Waals surface area contributed by atoms with Gasteiger partial charge in [0.1, 0.15) is 45.6 Å². The number of benzene rings is 4. The molecule has 0 N–H and O–H groups in total. The first kappa shape index (κ1) is 64.2. The monoisotopic (exact) mass is 1110 g/mol. The van der Waals surface area contributed by atoms with E-state index < -0.39 is 59.6 Å². The molecule has 0 spiro atoms. The molecule has 1 aliphatic rings. The van der Waals surface area contributed by atoms with Crippen molar-refractivity contribution >= 4 is 47.8 Å². The summed E-state index contributed by atoms with van der Waals surface area (Å²) in [4.78, 5) is 103. The van der Waals surface area contributed by atoms with Gasteiger partial charge in [0.25, 0.3) is 0 Å². The second-order valence-electron chi connectivity index (χ2n) is 18.6. The summed E-state index contributed by atoms with van der Waals surface area (Å²) in [5, 5.41) is 0. The first-order valence-electron chi connectivity index (χ1n) is 27.1. The van der Waals surface area contributed by atoms with Crippen LogP contribution < -0.4 is 28.4 Å². The molecular formula is C62H74O18. The van der Waals surface area contributed by atoms with Crippen LogP contribution in [0.4, 0.5) is 0 Å². The number of carbonyl (C=O) groups is 8. The molecule has 0 amide bonds. The minimum Gasteiger partial charge on any atom is -0.494 e. The second-order valence-corrected chi connectivity index (χ2v) is 18.6. The average Bonchev–Trinajstić information content (AvgIpc) is 3.51. The number of rotatable bonds is 30. The van der Waals surface area contributed by atoms with Crippen LogP contribution in [0.15, 0.2) is 110 Å². The first-order chi connectivity index (χ1) is 38.6. The van der Waals surface area contributed by atoms with Crippen molar-refractivity contribution in [3.8, 4) is 34.5 Å². The average molecular weight is 1110 g/mol. The highest BCUT2D eigenvalue weighted by atomic mass is 16.6. The van der Waals surface area contributed by atoms with Crippen LogP contribution in [0.2, 0.25) is 0 Å². The lowest BCUT2D eigenvalue weighted by molar-refractivity contribution is -0.145. The van der Waals surface area contributed by atoms with E-state index in [-0.39, 0.29) is 109 Å². The Kier molecular flexibility index (Phi) is 27.8. The van der Waals surface area contributed by atoms with Crippen molar-refractivity contribution in [3.05, 3.63) is 132 Å². The van der Waals surface area contributed by atoms with Gasteiger partial charge in [-0.25, -0.2) is 28.8 Å². The summed E-state index contributed by atoms with van der Waals surface area (Å²) in [6.07, 6.45) is 7.23. The number of ether oxygens (including phenoxy) is 10. The van der Waals surface area contributed by atoms with Crippen LogP contribution >= 0.6 is 0 Å². The fraction of sp³-hybridized carbons (Fsp3) is 0.419. The number of hydrogen-bond donors (Lipinski definition) is 0. The zero-order valence-electron chi connectivity index (χ0n) is 46.6. The lowest BCUT2D eigenvalue weighted by Crippen LogP contribution is -2.30. The third kappa shape index (κ3) is 21.5. The van der Waals surface area contributed by atoms with Gasteiger partial charge in [0.05, 0.1) is 62.6 Å². The molecule has 4 aromatic carbocycles. The fourth-order valence-electron chi connectivity index (χ4n) is 7.38. The van der Waals surface area contributed by atoms with Gasteiger partial charge in [0, 0.05) is 12.2 Å². The maximum absolute atomic E-state index is 13.5. The fourth-order valence-corrected chi connectivity index (χ4v) is 7.38. The van der Waals surface area contributed by atoms with Crippen molar-refractivity contribution < 1.29 is 85.7 Å². The van der Waals surface area contributed by atoms with Gasteiger partial charge in [0.2, 0.25) is 0 Å². The lowest BCUT2D eigenvalue weighted by atomic mass is 9.82. The van der Waals surface area contributed by atoms with Crippen LogP contribution in [0.3, 0.4) is 0 Å². The molecule has 2 unspecified atom stereocenters. The van der Waals surface area contributed by atoms with Gasteiger partial charge in [-0.05, 0) is 148 Å². The molecule has 5 rings (SSSR count). The zero-order valence-corrected chi connectivity index (χ0v) is 46.6. The Bertz CT molecular complexity index is 2520. The highest BCUT2D eigenvalue weighted by Gasteiger charge is 2.33. The van der Waals surface area contributed by atoms with Crippen LogP contribution in [-0.2, 0) is 38.1 Å². The van der Waals surface area contributed by atoms with Crippen molar-refractivity contribution in [3.63, 3.8) is 0 Å². The van der Waals surface area contributed by atoms with Gasteiger partial charge in [0.15, 0.2) is 0 Å². The van der Waals surface area contributed by atoms with E-state index in [1.54, 1.807) is 24.3 Å². The summed E-state index contributed by atoms with van der Waals surface area (Å²) >= 11 is 0. The van der Waals surface area contributed by atoms with Gasteiger partial charge < -0.3 is 47.4 Å². The predicted octanol–water partition coefficient (Wildman–Crippen LogP) is 11.7. The summed E-state index contributed by atoms with van der Waals surface area (Å²) in [5.74, 6) is -5.53. The highest BCUT2D eigenvalue weighted by Crippen LogP contribution is 2.34. The largest absolute Gasteiger partial charge is 0.494 e. The van der Waals surface area contributed by atoms with Gasteiger partial charge in [-0.1, -0.05) is 67.5 Å². The molecule has 0 heterocycles. The molecule has 0 bridgehead atoms. The standard InChI is InChI=1S/C60H68O18.C2H6/c1-7-39(5)37-73-59(67)49-35-47(27-29-51(49)77-57(65)43-19-23-45(24-20-43)69-31-11-13-33-71-53(61)9-3)75-55(63)41-15-17-42(18-16-41)56(64)76-48-28-30-52(50(36-48)60(68)74-38-40(6)8-2)78-58(66)44-21-25-46(26-22-44)70-32-12-14-34-72-54(62)10-4;1-2/h9-10,19-30,35-36,39-42H,3-4,7-8,11-18,31-34,37-38H2,1-2,5-6H3;1-2H3. The van der Waals surface area contributed by atoms with Crippen molar-refractivity contribution in [2.45, 2.75) is 106 Å². The molecule has 80 heavy (non-hydrogen) atoms. The van der Waals surface area contributed by atoms with Gasteiger partial charge in [-0.15, -0.1) is 0 Å². The van der Waals surface area contributed by atoms with Crippen LogP contribution in [0.1, 0.15) is 147 Å². The van der Waals surface area contributed by atoms with Gasteiger partial charge in [-0.3, -0.25) is 9.59 Å². The van der Waals surface area contributed by atoms with E-state index >= 15 is 0 Å². The Morgan fingerprint density at radius 2 is 0.800 bits per heavy atom. The van der Waals surface area contributed by atoms with E-state index in [1.165, 1.54) is 60.7 Å². The minimum atomic E-state index is -0.784. The predicted molar refractivity (Wildman–Crippen MR) is 295 cm³/mol. The molecule has 1 saturated carbocycles. The molecule has 18 heteroatoms. The van der Waals surface area contributed by atoms with E-state index in [4.69, 9.17) is 47.4 Å². The Hall–Kier alpha value is -8.28. The summed E-state index contributed by atoms with van der Waals surface area (Å²) in [6.45, 7) is 19.8. The summed E-state index contributed by atoms with van der Waals surface area (Å²) in [5.41, 5.74) is 0.0864. The molecule has 2 atom stereocenters. The molecule has 1 fully saturated rings. The quantitative estimate of drug-likeness (QED) is 0.0155. The molecule has 430 valence electrons. The Morgan fingerprint density at radius 1 is 0.463 bits per heavy atom. The van der Waals surface area contributed by atoms with E-state index in [0.717, 1.165) is 25.0 Å². The van der Waals surface area contributed by atoms with Crippen LogP contribution in [0, 0.1) is 23.7 Å². The normalized spacial score (nSPS) is 14.2. The van der Waals surface area contributed by atoms with Crippen LogP contribution in [0.5, 0.6) is 34.5 Å². The number of carbonyl (C=O) groups excluding carboxylic acids is 8. The van der Waals surface area contributed by atoms with E-state index in [1.807, 2.05) is 41.5 Å². The first-order valence-corrected chi connectivity index (χ1v) is 27.1. The third-order valence-electron chi connectivity index (χ3n) is 12.6. The smallest absolute Gasteiger partial charge is 0.343 e. The number of unbranched alkanes of at least 4 members (excludes halogenated alkanes) is 2. The lowest BCUT2D eigenvalue weighted by Gasteiger charge is -2.26. The maximum atomic E-state index is 13.5. The summed E-state index contributed by atoms with van der Waals surface area (Å²) in [6, 6.07) is 20.5. The molecule has 0 aromatic heterocycles. The second kappa shape index (κ2) is 34.6. The topological polar surface area (TPSA) is 229 Å².